The van der Waals surface area contributed by atoms with Gasteiger partial charge in [0.05, 0.1) is 0 Å². The van der Waals surface area contributed by atoms with Crippen LogP contribution in [0, 0.1) is 17.7 Å². The highest BCUT2D eigenvalue weighted by Gasteiger charge is 2.59. The van der Waals surface area contributed by atoms with E-state index in [9.17, 15) is 14.0 Å². The number of halogens is 1. The number of carbonyl (C=O) groups excluding carboxylic acids is 2. The Hall–Kier alpha value is -3.03. The summed E-state index contributed by atoms with van der Waals surface area (Å²) >= 11 is 0. The highest BCUT2D eigenvalue weighted by Crippen LogP contribution is 2.57. The summed E-state index contributed by atoms with van der Waals surface area (Å²) < 4.78 is 18.9. The molecule has 4 bridgehead atoms. The molecule has 156 valence electrons. The highest BCUT2D eigenvalue weighted by atomic mass is 19.1. The molecule has 2 amide bonds. The lowest BCUT2D eigenvalue weighted by Crippen LogP contribution is -2.70. The van der Waals surface area contributed by atoms with Gasteiger partial charge < -0.3 is 15.4 Å². The molecule has 8 heteroatoms. The lowest BCUT2D eigenvalue weighted by Gasteiger charge is -2.62. The topological polar surface area (TPSA) is 93.2 Å². The first-order valence-electron chi connectivity index (χ1n) is 10.3. The second-order valence-corrected chi connectivity index (χ2v) is 9.05. The van der Waals surface area contributed by atoms with Crippen LogP contribution in [0.4, 0.5) is 9.18 Å². The van der Waals surface area contributed by atoms with Gasteiger partial charge in [-0.2, -0.15) is 0 Å². The summed E-state index contributed by atoms with van der Waals surface area (Å²) in [5.41, 5.74) is -0.491. The Bertz CT molecular complexity index is 969. The van der Waals surface area contributed by atoms with Gasteiger partial charge in [0.1, 0.15) is 12.1 Å². The molecule has 4 fully saturated rings. The van der Waals surface area contributed by atoms with Crippen LogP contribution in [-0.4, -0.2) is 33.0 Å². The fourth-order valence-corrected chi connectivity index (χ4v) is 6.17. The van der Waals surface area contributed by atoms with Crippen LogP contribution in [0.1, 0.15) is 48.9 Å². The molecule has 6 rings (SSSR count). The third-order valence-corrected chi connectivity index (χ3v) is 6.65. The van der Waals surface area contributed by atoms with Gasteiger partial charge in [-0.05, 0) is 68.6 Å². The van der Waals surface area contributed by atoms with Crippen molar-refractivity contribution in [2.24, 2.45) is 11.8 Å². The van der Waals surface area contributed by atoms with Crippen molar-refractivity contribution >= 4 is 12.0 Å². The molecular formula is C22H23FN4O3. The quantitative estimate of drug-likeness (QED) is 0.807. The predicted molar refractivity (Wildman–Crippen MR) is 105 cm³/mol. The molecule has 2 aromatic rings. The number of rotatable bonds is 4. The lowest BCUT2D eigenvalue weighted by atomic mass is 9.50. The number of nitrogens with zero attached hydrogens (tertiary/aromatic N) is 2. The van der Waals surface area contributed by atoms with Gasteiger partial charge in [-0.1, -0.05) is 6.07 Å². The van der Waals surface area contributed by atoms with E-state index in [1.165, 1.54) is 36.8 Å². The Balaban J connectivity index is 1.33. The Kier molecular flexibility index (Phi) is 4.45. The first-order valence-corrected chi connectivity index (χ1v) is 10.3. The van der Waals surface area contributed by atoms with Crippen molar-refractivity contribution in [3.05, 3.63) is 54.2 Å². The molecule has 4 aliphatic carbocycles. The van der Waals surface area contributed by atoms with Gasteiger partial charge in [0.2, 0.25) is 5.88 Å². The van der Waals surface area contributed by atoms with Crippen molar-refractivity contribution in [3.63, 3.8) is 0 Å². The normalized spacial score (nSPS) is 31.2. The number of benzene rings is 1. The third kappa shape index (κ3) is 3.62. The minimum absolute atomic E-state index is 0.196. The minimum Gasteiger partial charge on any atom is -0.391 e. The zero-order valence-corrected chi connectivity index (χ0v) is 16.4. The lowest BCUT2D eigenvalue weighted by molar-refractivity contribution is -0.0449. The smallest absolute Gasteiger partial charge is 0.391 e. The van der Waals surface area contributed by atoms with E-state index in [4.69, 9.17) is 4.74 Å². The second kappa shape index (κ2) is 7.04. The van der Waals surface area contributed by atoms with E-state index >= 15 is 0 Å². The van der Waals surface area contributed by atoms with Crippen LogP contribution >= 0.6 is 0 Å². The van der Waals surface area contributed by atoms with E-state index in [0.717, 1.165) is 32.1 Å². The van der Waals surface area contributed by atoms with Crippen LogP contribution in [-0.2, 0) is 0 Å². The molecule has 4 saturated carbocycles. The molecule has 7 nitrogen and oxygen atoms in total. The molecule has 2 atom stereocenters. The largest absolute Gasteiger partial charge is 0.414 e. The molecule has 1 aromatic carbocycles. The first-order chi connectivity index (χ1) is 14.4. The van der Waals surface area contributed by atoms with Crippen molar-refractivity contribution in [2.75, 3.05) is 0 Å². The van der Waals surface area contributed by atoms with Gasteiger partial charge in [0, 0.05) is 28.9 Å². The molecule has 30 heavy (non-hydrogen) atoms. The standard InChI is InChI=1S/C22H23FN4O3/c23-17-3-1-2-16(7-17)19(28)26-21-8-14-6-15(9-21)11-22(10-14,12-21)27-20(29)30-18-4-5-24-13-25-18/h1-5,7,13-15H,6,8-12H2,(H,26,28)(H,27,29). The van der Waals surface area contributed by atoms with Crippen molar-refractivity contribution < 1.29 is 18.7 Å². The van der Waals surface area contributed by atoms with E-state index in [-0.39, 0.29) is 11.8 Å². The van der Waals surface area contributed by atoms with Gasteiger partial charge in [-0.15, -0.1) is 0 Å². The monoisotopic (exact) mass is 410 g/mol. The summed E-state index contributed by atoms with van der Waals surface area (Å²) in [6.07, 6.45) is 7.57. The fraction of sp³-hybridized carbons (Fsp3) is 0.455. The molecule has 1 heterocycles. The number of hydrogen-bond donors (Lipinski definition) is 2. The average molecular weight is 410 g/mol. The van der Waals surface area contributed by atoms with Gasteiger partial charge in [-0.3, -0.25) is 4.79 Å². The summed E-state index contributed by atoms with van der Waals surface area (Å²) in [7, 11) is 0. The Morgan fingerprint density at radius 1 is 1.07 bits per heavy atom. The number of aromatic nitrogens is 2. The third-order valence-electron chi connectivity index (χ3n) is 6.65. The van der Waals surface area contributed by atoms with E-state index in [1.54, 1.807) is 6.07 Å². The number of ether oxygens (including phenoxy) is 1. The molecular weight excluding hydrogens is 387 g/mol. The van der Waals surface area contributed by atoms with Crippen molar-refractivity contribution in [1.29, 1.82) is 0 Å². The highest BCUT2D eigenvalue weighted by molar-refractivity contribution is 5.94. The van der Waals surface area contributed by atoms with Gasteiger partial charge in [0.15, 0.2) is 0 Å². The van der Waals surface area contributed by atoms with Gasteiger partial charge >= 0.3 is 6.09 Å². The van der Waals surface area contributed by atoms with Crippen LogP contribution in [0.3, 0.4) is 0 Å². The predicted octanol–water partition coefficient (Wildman–Crippen LogP) is 3.23. The zero-order valence-electron chi connectivity index (χ0n) is 16.4. The maximum Gasteiger partial charge on any atom is 0.414 e. The zero-order chi connectivity index (χ0) is 20.8. The van der Waals surface area contributed by atoms with Crippen LogP contribution in [0.25, 0.3) is 0 Å². The minimum atomic E-state index is -0.540. The Labute approximate surface area is 173 Å². The molecule has 0 spiro atoms. The van der Waals surface area contributed by atoms with Crippen LogP contribution in [0.5, 0.6) is 5.88 Å². The molecule has 2 N–H and O–H groups in total. The van der Waals surface area contributed by atoms with Crippen molar-refractivity contribution in [1.82, 2.24) is 20.6 Å². The van der Waals surface area contributed by atoms with Gasteiger partial charge in [0.25, 0.3) is 5.91 Å². The number of hydrogen-bond acceptors (Lipinski definition) is 5. The first kappa shape index (κ1) is 19.0. The molecule has 2 unspecified atom stereocenters. The summed E-state index contributed by atoms with van der Waals surface area (Å²) in [4.78, 5) is 33.1. The molecule has 1 aromatic heterocycles. The van der Waals surface area contributed by atoms with E-state index in [0.29, 0.717) is 23.8 Å². The van der Waals surface area contributed by atoms with Gasteiger partial charge in [-0.25, -0.2) is 19.2 Å². The molecule has 0 radical (unpaired) electrons. The summed E-state index contributed by atoms with van der Waals surface area (Å²) in [6, 6.07) is 7.26. The Morgan fingerprint density at radius 2 is 1.80 bits per heavy atom. The SMILES string of the molecule is O=C(NC12CC3CC(C1)CC(NC(=O)c1cccc(F)c1)(C3)C2)Oc1ccncn1. The number of nitrogens with one attached hydrogen (secondary N) is 2. The summed E-state index contributed by atoms with van der Waals surface area (Å²) in [6.45, 7) is 0. The van der Waals surface area contributed by atoms with E-state index in [1.807, 2.05) is 0 Å². The Morgan fingerprint density at radius 3 is 2.47 bits per heavy atom. The number of carbonyl (C=O) groups is 2. The van der Waals surface area contributed by atoms with Crippen molar-refractivity contribution in [2.45, 2.75) is 49.6 Å². The van der Waals surface area contributed by atoms with Crippen molar-refractivity contribution in [3.8, 4) is 5.88 Å². The van der Waals surface area contributed by atoms with Crippen LogP contribution in [0.2, 0.25) is 0 Å². The molecule has 0 aliphatic heterocycles. The maximum atomic E-state index is 13.6. The fourth-order valence-electron chi connectivity index (χ4n) is 6.17. The van der Waals surface area contributed by atoms with Crippen LogP contribution < -0.4 is 15.4 Å². The van der Waals surface area contributed by atoms with E-state index < -0.39 is 23.0 Å². The van der Waals surface area contributed by atoms with E-state index in [2.05, 4.69) is 20.6 Å². The molecule has 0 saturated heterocycles. The summed E-state index contributed by atoms with van der Waals surface area (Å²) in [5, 5.41) is 6.28. The maximum absolute atomic E-state index is 13.6. The van der Waals surface area contributed by atoms with Crippen LogP contribution in [0.15, 0.2) is 42.9 Å². The molecule has 4 aliphatic rings. The second-order valence-electron chi connectivity index (χ2n) is 9.05. The average Bonchev–Trinajstić information content (AvgIpc) is 2.66. The summed E-state index contributed by atoms with van der Waals surface area (Å²) in [5.74, 6) is 0.354. The number of amides is 2.